The van der Waals surface area contributed by atoms with Gasteiger partial charge in [0.1, 0.15) is 17.3 Å². The smallest absolute Gasteiger partial charge is 0.323 e. The number of aryl methyl sites for hydroxylation is 1. The van der Waals surface area contributed by atoms with Gasteiger partial charge in [-0.1, -0.05) is 0 Å². The van der Waals surface area contributed by atoms with Crippen LogP contribution in [0.1, 0.15) is 23.7 Å². The number of amides is 3. The van der Waals surface area contributed by atoms with Crippen LogP contribution < -0.4 is 15.5 Å². The Morgan fingerprint density at radius 3 is 2.41 bits per heavy atom. The maximum Gasteiger partial charge on any atom is 0.323 e. The number of halogens is 1. The molecule has 4 aromatic rings. The van der Waals surface area contributed by atoms with E-state index in [1.54, 1.807) is 36.4 Å². The molecule has 4 heterocycles. The Bertz CT molecular complexity index is 1670. The summed E-state index contributed by atoms with van der Waals surface area (Å²) in [5.41, 5.74) is 2.35. The molecule has 0 bridgehead atoms. The normalized spacial score (nSPS) is 17.0. The number of hydrogen-bond donors (Lipinski definition) is 2. The minimum absolute atomic E-state index is 0.0241. The summed E-state index contributed by atoms with van der Waals surface area (Å²) in [6.07, 6.45) is 2.92. The lowest BCUT2D eigenvalue weighted by atomic mass is 10.1. The molecule has 0 aliphatic carbocycles. The van der Waals surface area contributed by atoms with Crippen molar-refractivity contribution in [2.75, 3.05) is 69.0 Å². The molecule has 1 atom stereocenters. The van der Waals surface area contributed by atoms with Crippen molar-refractivity contribution in [1.29, 1.82) is 0 Å². The first-order valence-corrected chi connectivity index (χ1v) is 14.9. The lowest BCUT2D eigenvalue weighted by Crippen LogP contribution is -2.37. The average molecular weight is 601 g/mol. The van der Waals surface area contributed by atoms with Crippen LogP contribution in [0.15, 0.2) is 54.7 Å². The van der Waals surface area contributed by atoms with Crippen LogP contribution in [-0.2, 0) is 11.3 Å². The van der Waals surface area contributed by atoms with Gasteiger partial charge in [0.25, 0.3) is 5.91 Å². The molecular formula is C32H37FN8O3. The summed E-state index contributed by atoms with van der Waals surface area (Å²) in [7, 11) is 4.05. The zero-order chi connectivity index (χ0) is 30.8. The highest BCUT2D eigenvalue weighted by atomic mass is 19.1. The molecule has 3 amide bonds. The van der Waals surface area contributed by atoms with Gasteiger partial charge in [-0.15, -0.1) is 0 Å². The number of aromatic nitrogens is 3. The van der Waals surface area contributed by atoms with Crippen molar-refractivity contribution < 1.29 is 18.7 Å². The molecule has 44 heavy (non-hydrogen) atoms. The van der Waals surface area contributed by atoms with E-state index in [1.165, 1.54) is 6.07 Å². The first kappa shape index (κ1) is 29.5. The predicted molar refractivity (Wildman–Crippen MR) is 169 cm³/mol. The quantitative estimate of drug-likeness (QED) is 0.321. The summed E-state index contributed by atoms with van der Waals surface area (Å²) < 4.78 is 23.0. The summed E-state index contributed by atoms with van der Waals surface area (Å²) in [6.45, 7) is 6.76. The topological polar surface area (TPSA) is 108 Å². The van der Waals surface area contributed by atoms with Crippen LogP contribution in [0.25, 0.3) is 22.4 Å². The molecule has 12 heteroatoms. The van der Waals surface area contributed by atoms with Crippen LogP contribution in [-0.4, -0.2) is 95.8 Å². The first-order chi connectivity index (χ1) is 21.3. The Labute approximate surface area is 255 Å². The van der Waals surface area contributed by atoms with E-state index >= 15 is 4.39 Å². The van der Waals surface area contributed by atoms with E-state index in [0.717, 1.165) is 36.4 Å². The lowest BCUT2D eigenvalue weighted by Gasteiger charge is -2.28. The molecule has 2 saturated heterocycles. The molecule has 0 saturated carbocycles. The number of carbonyl (C=O) groups excluding carboxylic acids is 2. The van der Waals surface area contributed by atoms with Gasteiger partial charge >= 0.3 is 6.03 Å². The number of nitrogens with zero attached hydrogens (tertiary/aromatic N) is 6. The van der Waals surface area contributed by atoms with Crippen molar-refractivity contribution in [2.24, 2.45) is 0 Å². The second-order valence-electron chi connectivity index (χ2n) is 11.3. The molecule has 2 N–H and O–H groups in total. The third-order valence-electron chi connectivity index (χ3n) is 8.29. The second kappa shape index (κ2) is 12.6. The molecule has 6 rings (SSSR count). The number of anilines is 3. The molecule has 2 aliphatic heterocycles. The van der Waals surface area contributed by atoms with Crippen LogP contribution in [0.5, 0.6) is 0 Å². The molecular weight excluding hydrogens is 563 g/mol. The number of nitrogens with one attached hydrogen (secondary N) is 2. The molecule has 0 radical (unpaired) electrons. The zero-order valence-electron chi connectivity index (χ0n) is 25.2. The van der Waals surface area contributed by atoms with Gasteiger partial charge in [0.15, 0.2) is 5.82 Å². The third kappa shape index (κ3) is 6.08. The van der Waals surface area contributed by atoms with Crippen LogP contribution in [0.2, 0.25) is 0 Å². The molecule has 230 valence electrons. The molecule has 2 fully saturated rings. The minimum Gasteiger partial charge on any atom is -0.378 e. The fourth-order valence-electron chi connectivity index (χ4n) is 5.74. The zero-order valence-corrected chi connectivity index (χ0v) is 25.2. The fraction of sp³-hybridized carbons (Fsp3) is 0.375. The number of likely N-dealkylation sites (N-methyl/N-ethyl adjacent to an activating group) is 1. The highest BCUT2D eigenvalue weighted by molar-refractivity contribution is 6.00. The lowest BCUT2D eigenvalue weighted by molar-refractivity contribution is 0.0783. The van der Waals surface area contributed by atoms with Gasteiger partial charge in [0.2, 0.25) is 0 Å². The van der Waals surface area contributed by atoms with Crippen molar-refractivity contribution in [3.05, 3.63) is 66.1 Å². The maximum atomic E-state index is 15.5. The summed E-state index contributed by atoms with van der Waals surface area (Å²) in [5.74, 6) is 0.462. The highest BCUT2D eigenvalue weighted by Crippen LogP contribution is 2.31. The predicted octanol–water partition coefficient (Wildman–Crippen LogP) is 4.51. The Morgan fingerprint density at radius 1 is 1.00 bits per heavy atom. The number of ether oxygens (including phenoxy) is 1. The van der Waals surface area contributed by atoms with E-state index in [9.17, 15) is 9.59 Å². The van der Waals surface area contributed by atoms with Crippen molar-refractivity contribution in [3.8, 4) is 11.4 Å². The van der Waals surface area contributed by atoms with Crippen LogP contribution in [0.3, 0.4) is 0 Å². The highest BCUT2D eigenvalue weighted by Gasteiger charge is 2.28. The van der Waals surface area contributed by atoms with E-state index < -0.39 is 11.8 Å². The van der Waals surface area contributed by atoms with E-state index in [0.29, 0.717) is 50.1 Å². The monoisotopic (exact) mass is 600 g/mol. The largest absolute Gasteiger partial charge is 0.378 e. The van der Waals surface area contributed by atoms with E-state index in [-0.39, 0.29) is 23.0 Å². The van der Waals surface area contributed by atoms with E-state index in [1.807, 2.05) is 42.7 Å². The number of fused-ring (bicyclic) bond motifs is 1. The van der Waals surface area contributed by atoms with Crippen molar-refractivity contribution >= 4 is 40.2 Å². The van der Waals surface area contributed by atoms with Gasteiger partial charge in [-0.2, -0.15) is 0 Å². The fourth-order valence-corrected chi connectivity index (χ4v) is 5.74. The number of benzene rings is 2. The molecule has 1 unspecified atom stereocenters. The number of carbonyl (C=O) groups is 2. The van der Waals surface area contributed by atoms with Crippen LogP contribution in [0.4, 0.5) is 26.4 Å². The van der Waals surface area contributed by atoms with Gasteiger partial charge in [0.05, 0.1) is 24.2 Å². The number of urea groups is 1. The van der Waals surface area contributed by atoms with Gasteiger partial charge in [-0.3, -0.25) is 4.79 Å². The first-order valence-electron chi connectivity index (χ1n) is 14.9. The van der Waals surface area contributed by atoms with Gasteiger partial charge in [0, 0.05) is 61.9 Å². The van der Waals surface area contributed by atoms with Crippen molar-refractivity contribution in [2.45, 2.75) is 25.9 Å². The molecule has 0 spiro atoms. The number of hydrogen-bond acceptors (Lipinski definition) is 7. The summed E-state index contributed by atoms with van der Waals surface area (Å²) in [6, 6.07) is 13.1. The summed E-state index contributed by atoms with van der Waals surface area (Å²) in [5, 5.41) is 6.33. The van der Waals surface area contributed by atoms with Gasteiger partial charge in [-0.05, 0) is 76.0 Å². The maximum absolute atomic E-state index is 15.5. The van der Waals surface area contributed by atoms with Gasteiger partial charge < -0.3 is 34.6 Å². The molecule has 2 aromatic heterocycles. The Morgan fingerprint density at radius 2 is 1.73 bits per heavy atom. The standard InChI is InChI=1S/C32H37FN8O3/c1-4-39-14-12-26-29(39)36-28(37-30(26)40-15-17-44-18-16-40)25-10-9-23(19-27(25)33)35-32(43)34-22-7-5-21(6-8-22)31(42)41-13-11-24(20-41)38(2)3/h5-10,12,14,19,24H,4,11,13,15-18,20H2,1-3H3,(H2,34,35,43). The number of morpholine rings is 1. The van der Waals surface area contributed by atoms with E-state index in [4.69, 9.17) is 14.7 Å². The minimum atomic E-state index is -0.550. The summed E-state index contributed by atoms with van der Waals surface area (Å²) >= 11 is 0. The van der Waals surface area contributed by atoms with Gasteiger partial charge in [-0.25, -0.2) is 19.2 Å². The number of likely N-dealkylation sites (tertiary alicyclic amines) is 1. The molecule has 2 aromatic carbocycles. The van der Waals surface area contributed by atoms with Crippen molar-refractivity contribution in [3.63, 3.8) is 0 Å². The molecule has 11 nitrogen and oxygen atoms in total. The summed E-state index contributed by atoms with van der Waals surface area (Å²) in [4.78, 5) is 41.2. The number of rotatable bonds is 7. The average Bonchev–Trinajstić information content (AvgIpc) is 3.69. The second-order valence-corrected chi connectivity index (χ2v) is 11.3. The Balaban J connectivity index is 1.14. The van der Waals surface area contributed by atoms with Crippen molar-refractivity contribution in [1.82, 2.24) is 24.3 Å². The SMILES string of the molecule is CCn1ccc2c(N3CCOCC3)nc(-c3ccc(NC(=O)Nc4ccc(C(=O)N5CCC(N(C)C)C5)cc4)cc3F)nc21. The third-order valence-corrected chi connectivity index (χ3v) is 8.29. The van der Waals surface area contributed by atoms with E-state index in [2.05, 4.69) is 20.4 Å². The van der Waals surface area contributed by atoms with Crippen LogP contribution >= 0.6 is 0 Å². The Hall–Kier alpha value is -4.55. The van der Waals surface area contributed by atoms with Crippen LogP contribution in [0, 0.1) is 5.82 Å². The molecule has 2 aliphatic rings. The Kier molecular flexibility index (Phi) is 8.45.